The number of ether oxygens (including phenoxy) is 1. The molecule has 1 aromatic carbocycles. The Hall–Kier alpha value is -1.06. The fourth-order valence-electron chi connectivity index (χ4n) is 0.726. The van der Waals surface area contributed by atoms with Crippen molar-refractivity contribution in [3.8, 4) is 5.75 Å². The Morgan fingerprint density at radius 3 is 2.33 bits per heavy atom. The molecule has 0 heterocycles. The molecule has 0 radical (unpaired) electrons. The Kier molecular flexibility index (Phi) is 3.08. The minimum absolute atomic E-state index is 0.665. The fraction of sp³-hybridized carbons (Fsp3) is 0.333. The molecule has 0 spiro atoms. The molecular weight excluding hydrogens is 154 g/mol. The molecule has 12 heavy (non-hydrogen) atoms. The molecule has 3 nitrogen and oxygen atoms in total. The number of benzene rings is 1. The molecule has 0 aliphatic carbocycles. The SMILES string of the molecule is CN(C)C(O)Oc1ccccc1. The smallest absolute Gasteiger partial charge is 0.259 e. The molecule has 1 atom stereocenters. The molecule has 0 fully saturated rings. The molecule has 0 amide bonds. The lowest BCUT2D eigenvalue weighted by atomic mass is 10.3. The van der Waals surface area contributed by atoms with Crippen LogP contribution in [-0.2, 0) is 0 Å². The summed E-state index contributed by atoms with van der Waals surface area (Å²) in [4.78, 5) is 1.58. The molecule has 1 aromatic rings. The van der Waals surface area contributed by atoms with Crippen molar-refractivity contribution in [1.29, 1.82) is 0 Å². The molecular formula is C9H13NO2. The van der Waals surface area contributed by atoms with Crippen LogP contribution >= 0.6 is 0 Å². The summed E-state index contributed by atoms with van der Waals surface area (Å²) in [6.07, 6.45) is -0.882. The quantitative estimate of drug-likeness (QED) is 0.679. The molecule has 1 N–H and O–H groups in total. The van der Waals surface area contributed by atoms with Crippen LogP contribution in [0, 0.1) is 0 Å². The summed E-state index contributed by atoms with van der Waals surface area (Å²) in [6, 6.07) is 9.21. The molecule has 0 saturated heterocycles. The van der Waals surface area contributed by atoms with Gasteiger partial charge in [0.15, 0.2) is 0 Å². The van der Waals surface area contributed by atoms with Gasteiger partial charge in [0.1, 0.15) is 5.75 Å². The highest BCUT2D eigenvalue weighted by Crippen LogP contribution is 2.10. The van der Waals surface area contributed by atoms with Crippen molar-refractivity contribution in [2.24, 2.45) is 0 Å². The van der Waals surface area contributed by atoms with E-state index in [2.05, 4.69) is 0 Å². The molecule has 0 saturated carbocycles. The maximum absolute atomic E-state index is 9.28. The van der Waals surface area contributed by atoms with Crippen LogP contribution < -0.4 is 4.74 Å². The van der Waals surface area contributed by atoms with E-state index < -0.39 is 6.41 Å². The van der Waals surface area contributed by atoms with Crippen LogP contribution in [0.25, 0.3) is 0 Å². The van der Waals surface area contributed by atoms with E-state index in [-0.39, 0.29) is 0 Å². The van der Waals surface area contributed by atoms with Crippen LogP contribution in [0.5, 0.6) is 5.75 Å². The second kappa shape index (κ2) is 4.09. The normalized spacial score (nSPS) is 13.0. The summed E-state index contributed by atoms with van der Waals surface area (Å²) >= 11 is 0. The van der Waals surface area contributed by atoms with Gasteiger partial charge in [-0.1, -0.05) is 18.2 Å². The first-order chi connectivity index (χ1) is 5.70. The second-order valence-corrected chi connectivity index (χ2v) is 2.72. The summed E-state index contributed by atoms with van der Waals surface area (Å²) in [5.74, 6) is 0.665. The summed E-state index contributed by atoms with van der Waals surface area (Å²) in [6.45, 7) is 0. The van der Waals surface area contributed by atoms with E-state index in [0.717, 1.165) is 0 Å². The number of aliphatic hydroxyl groups is 1. The summed E-state index contributed by atoms with van der Waals surface area (Å²) in [5.41, 5.74) is 0. The van der Waals surface area contributed by atoms with Crippen LogP contribution in [-0.4, -0.2) is 30.5 Å². The van der Waals surface area contributed by atoms with Crippen molar-refractivity contribution >= 4 is 0 Å². The van der Waals surface area contributed by atoms with E-state index in [4.69, 9.17) is 4.74 Å². The van der Waals surface area contributed by atoms with Crippen LogP contribution in [0.3, 0.4) is 0 Å². The number of para-hydroxylation sites is 1. The zero-order valence-electron chi connectivity index (χ0n) is 7.27. The Bertz CT molecular complexity index is 223. The molecule has 0 aliphatic rings. The van der Waals surface area contributed by atoms with E-state index in [9.17, 15) is 5.11 Å². The number of hydrogen-bond acceptors (Lipinski definition) is 3. The average Bonchev–Trinajstić information content (AvgIpc) is 2.06. The zero-order chi connectivity index (χ0) is 8.97. The lowest BCUT2D eigenvalue weighted by Gasteiger charge is -2.19. The van der Waals surface area contributed by atoms with Gasteiger partial charge in [0, 0.05) is 0 Å². The number of aliphatic hydroxyl groups excluding tert-OH is 1. The average molecular weight is 167 g/mol. The maximum atomic E-state index is 9.28. The van der Waals surface area contributed by atoms with Gasteiger partial charge in [-0.3, -0.25) is 4.90 Å². The van der Waals surface area contributed by atoms with Crippen LogP contribution in [0.1, 0.15) is 0 Å². The number of rotatable bonds is 3. The summed E-state index contributed by atoms with van der Waals surface area (Å²) in [5, 5.41) is 9.28. The van der Waals surface area contributed by atoms with Crippen LogP contribution in [0.4, 0.5) is 0 Å². The van der Waals surface area contributed by atoms with Gasteiger partial charge in [-0.15, -0.1) is 0 Å². The Morgan fingerprint density at radius 2 is 1.83 bits per heavy atom. The predicted octanol–water partition coefficient (Wildman–Crippen LogP) is 0.903. The summed E-state index contributed by atoms with van der Waals surface area (Å²) in [7, 11) is 3.49. The molecule has 0 aromatic heterocycles. The van der Waals surface area contributed by atoms with Crippen molar-refractivity contribution in [2.75, 3.05) is 14.1 Å². The van der Waals surface area contributed by atoms with E-state index >= 15 is 0 Å². The minimum Gasteiger partial charge on any atom is -0.451 e. The van der Waals surface area contributed by atoms with Crippen molar-refractivity contribution in [3.05, 3.63) is 30.3 Å². The molecule has 3 heteroatoms. The molecule has 1 rings (SSSR count). The van der Waals surface area contributed by atoms with Crippen LogP contribution in [0.15, 0.2) is 30.3 Å². The van der Waals surface area contributed by atoms with Gasteiger partial charge in [-0.2, -0.15) is 0 Å². The highest BCUT2D eigenvalue weighted by atomic mass is 16.6. The molecule has 1 unspecified atom stereocenters. The first-order valence-corrected chi connectivity index (χ1v) is 3.76. The van der Waals surface area contributed by atoms with Crippen molar-refractivity contribution in [2.45, 2.75) is 6.41 Å². The topological polar surface area (TPSA) is 32.7 Å². The Morgan fingerprint density at radius 1 is 1.25 bits per heavy atom. The fourth-order valence-corrected chi connectivity index (χ4v) is 0.726. The third-order valence-electron chi connectivity index (χ3n) is 1.43. The standard InChI is InChI=1S/C9H13NO2/c1-10(2)9(11)12-8-6-4-3-5-7-8/h3-7,9,11H,1-2H3. The number of hydrogen-bond donors (Lipinski definition) is 1. The van der Waals surface area contributed by atoms with Crippen molar-refractivity contribution < 1.29 is 9.84 Å². The highest BCUT2D eigenvalue weighted by molar-refractivity contribution is 5.20. The third-order valence-corrected chi connectivity index (χ3v) is 1.43. The Labute approximate surface area is 72.2 Å². The second-order valence-electron chi connectivity index (χ2n) is 2.72. The van der Waals surface area contributed by atoms with Gasteiger partial charge < -0.3 is 9.84 Å². The van der Waals surface area contributed by atoms with E-state index in [1.807, 2.05) is 18.2 Å². The van der Waals surface area contributed by atoms with Gasteiger partial charge in [0.2, 0.25) is 0 Å². The van der Waals surface area contributed by atoms with Crippen molar-refractivity contribution in [3.63, 3.8) is 0 Å². The zero-order valence-corrected chi connectivity index (χ0v) is 7.27. The largest absolute Gasteiger partial charge is 0.451 e. The van der Waals surface area contributed by atoms with Gasteiger partial charge in [0.05, 0.1) is 0 Å². The molecule has 0 bridgehead atoms. The van der Waals surface area contributed by atoms with Crippen molar-refractivity contribution in [1.82, 2.24) is 4.90 Å². The Balaban J connectivity index is 2.53. The first-order valence-electron chi connectivity index (χ1n) is 3.76. The van der Waals surface area contributed by atoms with Gasteiger partial charge in [-0.25, -0.2) is 0 Å². The maximum Gasteiger partial charge on any atom is 0.259 e. The molecule has 66 valence electrons. The predicted molar refractivity (Wildman–Crippen MR) is 46.8 cm³/mol. The summed E-state index contributed by atoms with van der Waals surface area (Å²) < 4.78 is 5.16. The van der Waals surface area contributed by atoms with E-state index in [0.29, 0.717) is 5.75 Å². The first kappa shape index (κ1) is 9.03. The van der Waals surface area contributed by atoms with Gasteiger partial charge in [-0.05, 0) is 26.2 Å². The van der Waals surface area contributed by atoms with Gasteiger partial charge in [0.25, 0.3) is 6.41 Å². The number of nitrogens with zero attached hydrogens (tertiary/aromatic N) is 1. The monoisotopic (exact) mass is 167 g/mol. The van der Waals surface area contributed by atoms with E-state index in [1.165, 1.54) is 0 Å². The lowest BCUT2D eigenvalue weighted by molar-refractivity contribution is -0.114. The van der Waals surface area contributed by atoms with E-state index in [1.54, 1.807) is 31.1 Å². The lowest BCUT2D eigenvalue weighted by Crippen LogP contribution is -2.32. The van der Waals surface area contributed by atoms with Gasteiger partial charge >= 0.3 is 0 Å². The minimum atomic E-state index is -0.882. The highest BCUT2D eigenvalue weighted by Gasteiger charge is 2.06. The molecule has 0 aliphatic heterocycles. The van der Waals surface area contributed by atoms with Crippen LogP contribution in [0.2, 0.25) is 0 Å². The third kappa shape index (κ3) is 2.53.